The highest BCUT2D eigenvalue weighted by atomic mass is 32.2. The first-order chi connectivity index (χ1) is 19.8. The molecule has 1 fully saturated rings. The Balaban J connectivity index is 1.32. The molecule has 4 heterocycles. The number of allylic oxidation sites excluding steroid dienone is 3. The summed E-state index contributed by atoms with van der Waals surface area (Å²) in [6, 6.07) is 4.08. The topological polar surface area (TPSA) is 150 Å². The molecule has 1 saturated heterocycles. The highest BCUT2D eigenvalue weighted by molar-refractivity contribution is 8.17. The number of carbonyl (C=O) groups is 3. The van der Waals surface area contributed by atoms with Crippen molar-refractivity contribution >= 4 is 56.2 Å². The third-order valence-electron chi connectivity index (χ3n) is 7.09. The predicted molar refractivity (Wildman–Crippen MR) is 158 cm³/mol. The van der Waals surface area contributed by atoms with Crippen LogP contribution >= 0.6 is 11.8 Å². The van der Waals surface area contributed by atoms with Crippen LogP contribution < -0.4 is 4.57 Å². The number of unbranched alkanes of at least 4 members (excludes halogenated alkanes) is 2. The zero-order valence-electron chi connectivity index (χ0n) is 24.0. The van der Waals surface area contributed by atoms with Crippen molar-refractivity contribution in [3.63, 3.8) is 0 Å². The van der Waals surface area contributed by atoms with Gasteiger partial charge in [-0.25, -0.2) is 9.36 Å². The van der Waals surface area contributed by atoms with Gasteiger partial charge < -0.3 is 4.84 Å². The summed E-state index contributed by atoms with van der Waals surface area (Å²) in [4.78, 5) is 45.1. The lowest BCUT2D eigenvalue weighted by Gasteiger charge is -2.16. The van der Waals surface area contributed by atoms with Gasteiger partial charge in [0.1, 0.15) is 0 Å². The van der Waals surface area contributed by atoms with Crippen molar-refractivity contribution in [3.05, 3.63) is 47.2 Å². The molecule has 42 heavy (non-hydrogen) atoms. The van der Waals surface area contributed by atoms with E-state index in [-0.39, 0.29) is 36.9 Å². The second-order valence-electron chi connectivity index (χ2n) is 10.8. The SMILES string of the molecule is CC1=NN(CCCS(=O)(=O)O)/C(=C/C=C/C2=Nc3c(ccc[n+]3CCCCCC(=O)ON3C(=O)CCC3=O)C2(C)C)S1. The summed E-state index contributed by atoms with van der Waals surface area (Å²) in [6.45, 7) is 7.23. The number of amides is 2. The van der Waals surface area contributed by atoms with Crippen molar-refractivity contribution in [2.24, 2.45) is 10.1 Å². The highest BCUT2D eigenvalue weighted by Gasteiger charge is 2.42. The number of hydrazone groups is 1. The van der Waals surface area contributed by atoms with Crippen LogP contribution in [0.2, 0.25) is 0 Å². The van der Waals surface area contributed by atoms with Gasteiger partial charge in [0.05, 0.1) is 39.5 Å². The van der Waals surface area contributed by atoms with Gasteiger partial charge in [-0.1, -0.05) is 17.8 Å². The van der Waals surface area contributed by atoms with E-state index in [9.17, 15) is 22.8 Å². The molecule has 2 amide bonds. The van der Waals surface area contributed by atoms with Crippen LogP contribution in [0.1, 0.15) is 71.3 Å². The van der Waals surface area contributed by atoms with Gasteiger partial charge in [0, 0.05) is 25.8 Å². The van der Waals surface area contributed by atoms with Crippen molar-refractivity contribution in [1.82, 2.24) is 10.1 Å². The first-order valence-corrected chi connectivity index (χ1v) is 16.3. The molecule has 1 N–H and O–H groups in total. The molecule has 0 atom stereocenters. The fourth-order valence-electron chi connectivity index (χ4n) is 4.85. The molecule has 3 aliphatic rings. The van der Waals surface area contributed by atoms with E-state index < -0.39 is 27.9 Å². The van der Waals surface area contributed by atoms with E-state index in [4.69, 9.17) is 14.4 Å². The fourth-order valence-corrected chi connectivity index (χ4v) is 6.17. The molecule has 0 bridgehead atoms. The van der Waals surface area contributed by atoms with Crippen LogP contribution in [-0.4, -0.2) is 63.9 Å². The van der Waals surface area contributed by atoms with Gasteiger partial charge in [-0.15, -0.1) is 5.06 Å². The van der Waals surface area contributed by atoms with Crippen LogP contribution in [-0.2, 0) is 41.3 Å². The van der Waals surface area contributed by atoms with Crippen LogP contribution in [0, 0.1) is 0 Å². The first kappa shape index (κ1) is 31.6. The second-order valence-corrected chi connectivity index (χ2v) is 13.5. The quantitative estimate of drug-likeness (QED) is 0.152. The number of thioether (sulfide) groups is 1. The molecule has 14 heteroatoms. The summed E-state index contributed by atoms with van der Waals surface area (Å²) >= 11 is 1.50. The number of hydrogen-bond acceptors (Lipinski definition) is 10. The van der Waals surface area contributed by atoms with E-state index in [2.05, 4.69) is 29.6 Å². The Hall–Kier alpha value is -3.36. The molecular formula is C28H36N5O7S2+. The van der Waals surface area contributed by atoms with Crippen LogP contribution in [0.3, 0.4) is 0 Å². The predicted octanol–water partition coefficient (Wildman–Crippen LogP) is 3.56. The minimum absolute atomic E-state index is 0.0770. The first-order valence-electron chi connectivity index (χ1n) is 13.9. The van der Waals surface area contributed by atoms with Crippen LogP contribution in [0.15, 0.2) is 51.7 Å². The summed E-state index contributed by atoms with van der Waals surface area (Å²) in [6.07, 6.45) is 10.5. The Morgan fingerprint density at radius 1 is 1.19 bits per heavy atom. The number of pyridine rings is 1. The summed E-state index contributed by atoms with van der Waals surface area (Å²) in [5.74, 6) is -0.960. The molecule has 0 aromatic carbocycles. The zero-order chi connectivity index (χ0) is 30.5. The standard InChI is InChI=1S/C28H35N5O7S2/c1-20-30-32(18-9-19-42(37,38)39)25(41-20)12-7-11-22-28(2,3)21-10-8-17-31(27(21)29-22)16-6-4-5-13-26(36)40-33-23(34)14-15-24(33)35/h7-8,10-12,17H,4-6,9,13-16,18-19H2,1-3H3/p+1. The number of nitrogens with zero attached hydrogens (tertiary/aromatic N) is 5. The van der Waals surface area contributed by atoms with Gasteiger partial charge in [-0.05, 0) is 75.7 Å². The Kier molecular flexibility index (Phi) is 10.00. The largest absolute Gasteiger partial charge is 0.333 e. The molecule has 0 saturated carbocycles. The molecule has 0 unspecified atom stereocenters. The summed E-state index contributed by atoms with van der Waals surface area (Å²) in [5, 5.41) is 8.48. The van der Waals surface area contributed by atoms with Gasteiger partial charge in [0.15, 0.2) is 5.71 Å². The number of aliphatic imine (C=N–C) groups is 1. The lowest BCUT2D eigenvalue weighted by molar-refractivity contribution is -0.684. The maximum absolute atomic E-state index is 12.0. The van der Waals surface area contributed by atoms with Gasteiger partial charge in [0.2, 0.25) is 0 Å². The number of imide groups is 1. The number of fused-ring (bicyclic) bond motifs is 1. The monoisotopic (exact) mass is 618 g/mol. The fraction of sp³-hybridized carbons (Fsp3) is 0.500. The molecule has 4 rings (SSSR count). The van der Waals surface area contributed by atoms with Crippen molar-refractivity contribution in [3.8, 4) is 0 Å². The summed E-state index contributed by atoms with van der Waals surface area (Å²) in [7, 11) is -4.01. The van der Waals surface area contributed by atoms with Crippen molar-refractivity contribution in [2.75, 3.05) is 12.3 Å². The zero-order valence-corrected chi connectivity index (χ0v) is 25.6. The van der Waals surface area contributed by atoms with E-state index >= 15 is 0 Å². The van der Waals surface area contributed by atoms with E-state index in [1.54, 1.807) is 5.01 Å². The number of aryl methyl sites for hydroxylation is 1. The molecule has 0 aliphatic carbocycles. The third-order valence-corrected chi connectivity index (χ3v) is 8.83. The molecule has 12 nitrogen and oxygen atoms in total. The minimum atomic E-state index is -4.01. The van der Waals surface area contributed by atoms with E-state index in [0.717, 1.165) is 40.0 Å². The molecule has 3 aliphatic heterocycles. The van der Waals surface area contributed by atoms with E-state index in [1.165, 1.54) is 11.8 Å². The molecule has 1 aromatic rings. The van der Waals surface area contributed by atoms with E-state index in [1.807, 2.05) is 37.4 Å². The van der Waals surface area contributed by atoms with Crippen molar-refractivity contribution in [2.45, 2.75) is 77.7 Å². The van der Waals surface area contributed by atoms with Gasteiger partial charge in [0.25, 0.3) is 21.9 Å². The lowest BCUT2D eigenvalue weighted by Crippen LogP contribution is -2.35. The number of hydrogen-bond donors (Lipinski definition) is 1. The Morgan fingerprint density at radius 2 is 1.93 bits per heavy atom. The normalized spacial score (nSPS) is 19.2. The van der Waals surface area contributed by atoms with Gasteiger partial charge >= 0.3 is 11.8 Å². The number of aromatic nitrogens is 1. The van der Waals surface area contributed by atoms with E-state index in [0.29, 0.717) is 24.6 Å². The highest BCUT2D eigenvalue weighted by Crippen LogP contribution is 2.38. The lowest BCUT2D eigenvalue weighted by atomic mass is 9.82. The minimum Gasteiger partial charge on any atom is -0.330 e. The smallest absolute Gasteiger partial charge is 0.330 e. The molecular weight excluding hydrogens is 582 g/mol. The summed E-state index contributed by atoms with van der Waals surface area (Å²) < 4.78 is 33.2. The number of hydroxylamine groups is 2. The maximum atomic E-state index is 12.0. The van der Waals surface area contributed by atoms with Crippen LogP contribution in [0.4, 0.5) is 5.82 Å². The molecule has 1 aromatic heterocycles. The third kappa shape index (κ3) is 7.92. The number of rotatable bonds is 13. The average Bonchev–Trinajstić information content (AvgIpc) is 3.51. The maximum Gasteiger partial charge on any atom is 0.333 e. The van der Waals surface area contributed by atoms with Crippen LogP contribution in [0.5, 0.6) is 0 Å². The van der Waals surface area contributed by atoms with Crippen molar-refractivity contribution < 1.29 is 36.8 Å². The Morgan fingerprint density at radius 3 is 2.64 bits per heavy atom. The Labute approximate surface area is 249 Å². The second kappa shape index (κ2) is 13.3. The van der Waals surface area contributed by atoms with Gasteiger partial charge in [-0.2, -0.15) is 13.5 Å². The summed E-state index contributed by atoms with van der Waals surface area (Å²) in [5.41, 5.74) is 1.70. The molecule has 0 radical (unpaired) electrons. The molecule has 0 spiro atoms. The molecule has 226 valence electrons. The Bertz CT molecular complexity index is 1460. The van der Waals surface area contributed by atoms with Gasteiger partial charge in [-0.3, -0.25) is 19.2 Å². The number of carbonyl (C=O) groups excluding carboxylic acids is 3. The average molecular weight is 619 g/mol. The van der Waals surface area contributed by atoms with Crippen LogP contribution in [0.25, 0.3) is 0 Å². The van der Waals surface area contributed by atoms with Crippen molar-refractivity contribution in [1.29, 1.82) is 0 Å².